The molecule has 0 amide bonds. The Labute approximate surface area is 120 Å². The molecule has 0 aliphatic heterocycles. The normalized spacial score (nSPS) is 12.6. The summed E-state index contributed by atoms with van der Waals surface area (Å²) >= 11 is 0. The second-order valence-corrected chi connectivity index (χ2v) is 5.18. The summed E-state index contributed by atoms with van der Waals surface area (Å²) in [5, 5.41) is 10.2. The Balaban J connectivity index is 1.83. The molecule has 0 radical (unpaired) electrons. The van der Waals surface area contributed by atoms with E-state index in [1.807, 2.05) is 37.4 Å². The largest absolute Gasteiger partial charge is 0.399 e. The first kappa shape index (κ1) is 14.6. The summed E-state index contributed by atoms with van der Waals surface area (Å²) in [6.45, 7) is 1.53. The summed E-state index contributed by atoms with van der Waals surface area (Å²) in [6.07, 6.45) is 0.486. The van der Waals surface area contributed by atoms with E-state index in [0.717, 1.165) is 18.5 Å². The number of hydrogen-bond acceptors (Lipinski definition) is 3. The number of nitrogens with zero attached hydrogens (tertiary/aromatic N) is 1. The average molecular weight is 270 g/mol. The standard InChI is InChI=1S/C17H22N2O/c1-19(11-10-14-6-3-2-4-7-14)13-17(20)15-8-5-9-16(18)12-15/h2-9,12,17,20H,10-11,13,18H2,1H3. The molecule has 0 spiro atoms. The molecule has 2 aromatic rings. The Hall–Kier alpha value is -1.84. The zero-order valence-electron chi connectivity index (χ0n) is 11.9. The third-order valence-corrected chi connectivity index (χ3v) is 3.41. The zero-order valence-corrected chi connectivity index (χ0v) is 11.9. The van der Waals surface area contributed by atoms with Crippen LogP contribution in [0.1, 0.15) is 17.2 Å². The Morgan fingerprint density at radius 2 is 1.85 bits per heavy atom. The van der Waals surface area contributed by atoms with Crippen molar-refractivity contribution in [3.05, 3.63) is 65.7 Å². The van der Waals surface area contributed by atoms with E-state index in [0.29, 0.717) is 12.2 Å². The first-order chi connectivity index (χ1) is 9.65. The van der Waals surface area contributed by atoms with Gasteiger partial charge in [0.25, 0.3) is 0 Å². The molecular formula is C17H22N2O. The lowest BCUT2D eigenvalue weighted by Gasteiger charge is -2.21. The van der Waals surface area contributed by atoms with E-state index in [1.54, 1.807) is 0 Å². The van der Waals surface area contributed by atoms with Crippen molar-refractivity contribution >= 4 is 5.69 Å². The van der Waals surface area contributed by atoms with Gasteiger partial charge in [-0.15, -0.1) is 0 Å². The highest BCUT2D eigenvalue weighted by Crippen LogP contribution is 2.16. The third-order valence-electron chi connectivity index (χ3n) is 3.41. The topological polar surface area (TPSA) is 49.5 Å². The fourth-order valence-electron chi connectivity index (χ4n) is 2.22. The van der Waals surface area contributed by atoms with E-state index in [1.165, 1.54) is 5.56 Å². The first-order valence-electron chi connectivity index (χ1n) is 6.91. The molecule has 0 fully saturated rings. The van der Waals surface area contributed by atoms with E-state index in [9.17, 15) is 5.11 Å². The number of nitrogens with two attached hydrogens (primary N) is 1. The summed E-state index contributed by atoms with van der Waals surface area (Å²) in [6, 6.07) is 17.8. The van der Waals surface area contributed by atoms with Crippen LogP contribution in [0.3, 0.4) is 0 Å². The molecule has 1 unspecified atom stereocenters. The van der Waals surface area contributed by atoms with Crippen LogP contribution < -0.4 is 5.73 Å². The van der Waals surface area contributed by atoms with E-state index in [-0.39, 0.29) is 0 Å². The number of likely N-dealkylation sites (N-methyl/N-ethyl adjacent to an activating group) is 1. The molecule has 0 aromatic heterocycles. The van der Waals surface area contributed by atoms with Gasteiger partial charge >= 0.3 is 0 Å². The van der Waals surface area contributed by atoms with Crippen LogP contribution in [0.15, 0.2) is 54.6 Å². The van der Waals surface area contributed by atoms with Gasteiger partial charge in [-0.05, 0) is 36.7 Å². The molecule has 0 aliphatic rings. The van der Waals surface area contributed by atoms with Crippen molar-refractivity contribution in [3.63, 3.8) is 0 Å². The number of nitrogen functional groups attached to an aromatic ring is 1. The van der Waals surface area contributed by atoms with Crippen LogP contribution in [-0.4, -0.2) is 30.1 Å². The fraction of sp³-hybridized carbons (Fsp3) is 0.294. The van der Waals surface area contributed by atoms with E-state index in [4.69, 9.17) is 5.73 Å². The number of hydrogen-bond donors (Lipinski definition) is 2. The monoisotopic (exact) mass is 270 g/mol. The van der Waals surface area contributed by atoms with Crippen LogP contribution in [0.2, 0.25) is 0 Å². The molecule has 2 rings (SSSR count). The zero-order chi connectivity index (χ0) is 14.4. The minimum absolute atomic E-state index is 0.501. The van der Waals surface area contributed by atoms with Gasteiger partial charge in [0, 0.05) is 18.8 Å². The molecule has 2 aromatic carbocycles. The molecule has 0 aliphatic carbocycles. The number of rotatable bonds is 6. The average Bonchev–Trinajstić information content (AvgIpc) is 2.46. The van der Waals surface area contributed by atoms with Gasteiger partial charge in [-0.25, -0.2) is 0 Å². The smallest absolute Gasteiger partial charge is 0.0917 e. The van der Waals surface area contributed by atoms with Crippen LogP contribution in [0.5, 0.6) is 0 Å². The van der Waals surface area contributed by atoms with Crippen molar-refractivity contribution in [2.75, 3.05) is 25.9 Å². The molecule has 3 N–H and O–H groups in total. The van der Waals surface area contributed by atoms with Gasteiger partial charge in [0.05, 0.1) is 6.10 Å². The summed E-state index contributed by atoms with van der Waals surface area (Å²) < 4.78 is 0. The van der Waals surface area contributed by atoms with Crippen LogP contribution in [0.25, 0.3) is 0 Å². The van der Waals surface area contributed by atoms with Gasteiger partial charge < -0.3 is 15.7 Å². The van der Waals surface area contributed by atoms with Crippen molar-refractivity contribution in [3.8, 4) is 0 Å². The minimum Gasteiger partial charge on any atom is -0.399 e. The fourth-order valence-corrected chi connectivity index (χ4v) is 2.22. The minimum atomic E-state index is -0.501. The summed E-state index contributed by atoms with van der Waals surface area (Å²) in [4.78, 5) is 2.14. The molecule has 0 bridgehead atoms. The van der Waals surface area contributed by atoms with Crippen LogP contribution in [0.4, 0.5) is 5.69 Å². The predicted octanol–water partition coefficient (Wildman–Crippen LogP) is 2.48. The lowest BCUT2D eigenvalue weighted by Crippen LogP contribution is -2.26. The molecule has 0 saturated carbocycles. The molecule has 0 heterocycles. The summed E-state index contributed by atoms with van der Waals surface area (Å²) in [5.41, 5.74) is 8.61. The maximum Gasteiger partial charge on any atom is 0.0917 e. The molecule has 20 heavy (non-hydrogen) atoms. The van der Waals surface area contributed by atoms with E-state index >= 15 is 0 Å². The number of anilines is 1. The predicted molar refractivity (Wildman–Crippen MR) is 83.5 cm³/mol. The van der Waals surface area contributed by atoms with Crippen molar-refractivity contribution in [2.45, 2.75) is 12.5 Å². The number of aliphatic hydroxyl groups is 1. The van der Waals surface area contributed by atoms with Gasteiger partial charge in [-0.2, -0.15) is 0 Å². The molecule has 1 atom stereocenters. The van der Waals surface area contributed by atoms with Crippen molar-refractivity contribution in [2.24, 2.45) is 0 Å². The molecular weight excluding hydrogens is 248 g/mol. The Morgan fingerprint density at radius 1 is 1.10 bits per heavy atom. The van der Waals surface area contributed by atoms with Gasteiger partial charge in [-0.3, -0.25) is 0 Å². The van der Waals surface area contributed by atoms with E-state index < -0.39 is 6.10 Å². The number of benzene rings is 2. The maximum absolute atomic E-state index is 10.2. The molecule has 106 valence electrons. The lowest BCUT2D eigenvalue weighted by atomic mass is 10.1. The third kappa shape index (κ3) is 4.37. The van der Waals surface area contributed by atoms with Gasteiger partial charge in [-0.1, -0.05) is 42.5 Å². The summed E-state index contributed by atoms with van der Waals surface area (Å²) in [7, 11) is 2.03. The highest BCUT2D eigenvalue weighted by molar-refractivity contribution is 5.41. The quantitative estimate of drug-likeness (QED) is 0.793. The second kappa shape index (κ2) is 7.08. The van der Waals surface area contributed by atoms with Crippen LogP contribution >= 0.6 is 0 Å². The van der Waals surface area contributed by atoms with Crippen LogP contribution in [0, 0.1) is 0 Å². The van der Waals surface area contributed by atoms with Crippen molar-refractivity contribution < 1.29 is 5.11 Å². The Morgan fingerprint density at radius 3 is 2.55 bits per heavy atom. The van der Waals surface area contributed by atoms with Crippen LogP contribution in [-0.2, 0) is 6.42 Å². The highest BCUT2D eigenvalue weighted by atomic mass is 16.3. The summed E-state index contributed by atoms with van der Waals surface area (Å²) in [5.74, 6) is 0. The van der Waals surface area contributed by atoms with Gasteiger partial charge in [0.15, 0.2) is 0 Å². The van der Waals surface area contributed by atoms with Gasteiger partial charge in [0.1, 0.15) is 0 Å². The van der Waals surface area contributed by atoms with E-state index in [2.05, 4.69) is 29.2 Å². The van der Waals surface area contributed by atoms with Gasteiger partial charge in [0.2, 0.25) is 0 Å². The molecule has 3 heteroatoms. The maximum atomic E-state index is 10.2. The van der Waals surface area contributed by atoms with Crippen molar-refractivity contribution in [1.29, 1.82) is 0 Å². The molecule has 3 nitrogen and oxygen atoms in total. The molecule has 0 saturated heterocycles. The first-order valence-corrected chi connectivity index (χ1v) is 6.91. The SMILES string of the molecule is CN(CCc1ccccc1)CC(O)c1cccc(N)c1. The lowest BCUT2D eigenvalue weighted by molar-refractivity contribution is 0.127. The Kier molecular flexibility index (Phi) is 5.16. The highest BCUT2D eigenvalue weighted by Gasteiger charge is 2.10. The van der Waals surface area contributed by atoms with Crippen molar-refractivity contribution in [1.82, 2.24) is 4.90 Å². The second-order valence-electron chi connectivity index (χ2n) is 5.18. The Bertz CT molecular complexity index is 528. The number of aliphatic hydroxyl groups excluding tert-OH is 1.